The van der Waals surface area contributed by atoms with Crippen molar-refractivity contribution in [3.63, 3.8) is 0 Å². The lowest BCUT2D eigenvalue weighted by molar-refractivity contribution is -0.143. The van der Waals surface area contributed by atoms with Crippen LogP contribution in [0.1, 0.15) is 34.1 Å². The number of carbonyl (C=O) groups excluding carboxylic acids is 5. The summed E-state index contributed by atoms with van der Waals surface area (Å²) >= 11 is 5.28. The first-order valence-corrected chi connectivity index (χ1v) is 8.66. The molecule has 11 heteroatoms. The third kappa shape index (κ3) is 8.63. The average Bonchev–Trinajstić information content (AvgIpc) is 2.56. The Balaban J connectivity index is 5.09. The van der Waals surface area contributed by atoms with E-state index in [1.807, 2.05) is 0 Å². The Labute approximate surface area is 161 Å². The minimum atomic E-state index is -1.60. The van der Waals surface area contributed by atoms with Gasteiger partial charge in [-0.2, -0.15) is 0 Å². The van der Waals surface area contributed by atoms with Crippen molar-refractivity contribution in [1.29, 1.82) is 0 Å². The lowest BCUT2D eigenvalue weighted by atomic mass is 10.0. The van der Waals surface area contributed by atoms with E-state index in [0.717, 1.165) is 0 Å². The Kier molecular flexibility index (Phi) is 10.2. The largest absolute Gasteiger partial charge is 0.481 e. The molecule has 0 aliphatic heterocycles. The Morgan fingerprint density at radius 1 is 0.926 bits per heavy atom. The van der Waals surface area contributed by atoms with Gasteiger partial charge in [-0.05, 0) is 12.8 Å². The normalized spacial score (nSPS) is 13.9. The molecular weight excluding hydrogens is 382 g/mol. The monoisotopic (exact) mass is 405 g/mol. The van der Waals surface area contributed by atoms with Gasteiger partial charge in [0.1, 0.15) is 18.1 Å². The molecule has 0 radical (unpaired) electrons. The second-order valence-electron chi connectivity index (χ2n) is 6.23. The maximum Gasteiger partial charge on any atom is 0.305 e. The van der Waals surface area contributed by atoms with Crippen LogP contribution in [0.4, 0.5) is 0 Å². The van der Waals surface area contributed by atoms with Crippen LogP contribution >= 0.6 is 11.6 Å². The lowest BCUT2D eigenvalue weighted by Crippen LogP contribution is -2.56. The molecule has 0 aromatic carbocycles. The number of aliphatic carboxylic acids is 1. The molecule has 3 atom stereocenters. The Bertz CT molecular complexity index is 621. The van der Waals surface area contributed by atoms with Gasteiger partial charge in [0, 0.05) is 6.92 Å². The maximum absolute atomic E-state index is 12.2. The minimum Gasteiger partial charge on any atom is -0.481 e. The summed E-state index contributed by atoms with van der Waals surface area (Å²) in [5.41, 5.74) is 0. The van der Waals surface area contributed by atoms with Crippen LogP contribution in [0.15, 0.2) is 0 Å². The first-order valence-electron chi connectivity index (χ1n) is 8.13. The molecule has 10 nitrogen and oxygen atoms in total. The number of ketones is 2. The van der Waals surface area contributed by atoms with Crippen LogP contribution in [0.5, 0.6) is 0 Å². The quantitative estimate of drug-likeness (QED) is 0.253. The summed E-state index contributed by atoms with van der Waals surface area (Å²) in [6.45, 7) is 5.95. The van der Waals surface area contributed by atoms with E-state index >= 15 is 0 Å². The smallest absolute Gasteiger partial charge is 0.305 e. The van der Waals surface area contributed by atoms with Gasteiger partial charge in [0.2, 0.25) is 29.3 Å². The fourth-order valence-corrected chi connectivity index (χ4v) is 2.20. The molecule has 4 N–H and O–H groups in total. The molecule has 0 aromatic rings. The highest BCUT2D eigenvalue weighted by Gasteiger charge is 2.31. The van der Waals surface area contributed by atoms with Crippen LogP contribution in [0.3, 0.4) is 0 Å². The van der Waals surface area contributed by atoms with E-state index in [9.17, 15) is 28.8 Å². The molecule has 0 aliphatic rings. The van der Waals surface area contributed by atoms with Gasteiger partial charge < -0.3 is 21.1 Å². The number of hydrogen-bond acceptors (Lipinski definition) is 6. The minimum absolute atomic E-state index is 0.258. The molecule has 152 valence electrons. The molecule has 0 bridgehead atoms. The van der Waals surface area contributed by atoms with E-state index in [4.69, 9.17) is 16.7 Å². The first-order chi connectivity index (χ1) is 12.4. The number of nitrogens with one attached hydrogen (secondary N) is 3. The second-order valence-corrected chi connectivity index (χ2v) is 6.50. The highest BCUT2D eigenvalue weighted by atomic mass is 35.5. The predicted molar refractivity (Wildman–Crippen MR) is 95.0 cm³/mol. The first kappa shape index (κ1) is 24.5. The molecule has 3 amide bonds. The SMILES string of the molecule is CC(=O)N[C@H](C(=O)N[C@@H](C)C(=O)N[C@@H](CC(=O)O)C(=O)C(=O)CCl)C(C)C. The lowest BCUT2D eigenvalue weighted by Gasteiger charge is -2.24. The fraction of sp³-hybridized carbons (Fsp3) is 0.625. The third-order valence-corrected chi connectivity index (χ3v) is 3.71. The van der Waals surface area contributed by atoms with Crippen LogP contribution in [0.25, 0.3) is 0 Å². The second kappa shape index (κ2) is 11.3. The van der Waals surface area contributed by atoms with Crippen molar-refractivity contribution >= 4 is 46.9 Å². The van der Waals surface area contributed by atoms with Gasteiger partial charge in [0.15, 0.2) is 0 Å². The zero-order chi connectivity index (χ0) is 21.3. The van der Waals surface area contributed by atoms with Crippen molar-refractivity contribution in [2.75, 3.05) is 5.88 Å². The molecule has 27 heavy (non-hydrogen) atoms. The number of rotatable bonds is 11. The molecule has 0 heterocycles. The van der Waals surface area contributed by atoms with E-state index in [0.29, 0.717) is 0 Å². The zero-order valence-electron chi connectivity index (χ0n) is 15.5. The van der Waals surface area contributed by atoms with Crippen LogP contribution in [-0.4, -0.2) is 64.4 Å². The van der Waals surface area contributed by atoms with Crippen LogP contribution in [-0.2, 0) is 28.8 Å². The maximum atomic E-state index is 12.2. The van der Waals surface area contributed by atoms with Gasteiger partial charge in [-0.1, -0.05) is 13.8 Å². The summed E-state index contributed by atoms with van der Waals surface area (Å²) in [6.07, 6.45) is -0.811. The number of carboxylic acid groups (broad SMARTS) is 1. The summed E-state index contributed by atoms with van der Waals surface area (Å²) in [6, 6.07) is -3.63. The molecule has 0 saturated carbocycles. The van der Waals surface area contributed by atoms with E-state index in [-0.39, 0.29) is 5.92 Å². The van der Waals surface area contributed by atoms with Gasteiger partial charge >= 0.3 is 5.97 Å². The topological polar surface area (TPSA) is 159 Å². The van der Waals surface area contributed by atoms with E-state index in [2.05, 4.69) is 16.0 Å². The number of alkyl halides is 1. The molecule has 0 saturated heterocycles. The number of halogens is 1. The Morgan fingerprint density at radius 2 is 1.48 bits per heavy atom. The van der Waals surface area contributed by atoms with Crippen LogP contribution < -0.4 is 16.0 Å². The summed E-state index contributed by atoms with van der Waals surface area (Å²) in [4.78, 5) is 69.8. The van der Waals surface area contributed by atoms with Gasteiger partial charge in [-0.3, -0.25) is 28.8 Å². The van der Waals surface area contributed by atoms with E-state index < -0.39 is 65.7 Å². The van der Waals surface area contributed by atoms with Gasteiger partial charge in [-0.25, -0.2) is 0 Å². The highest BCUT2D eigenvalue weighted by Crippen LogP contribution is 2.03. The van der Waals surface area contributed by atoms with Crippen LogP contribution in [0.2, 0.25) is 0 Å². The Morgan fingerprint density at radius 3 is 1.89 bits per heavy atom. The number of hydrogen-bond donors (Lipinski definition) is 4. The molecular formula is C16H24ClN3O7. The summed E-state index contributed by atoms with van der Waals surface area (Å²) < 4.78 is 0. The van der Waals surface area contributed by atoms with Gasteiger partial charge in [-0.15, -0.1) is 11.6 Å². The van der Waals surface area contributed by atoms with Gasteiger partial charge in [0.05, 0.1) is 12.3 Å². The summed E-state index contributed by atoms with van der Waals surface area (Å²) in [5, 5.41) is 15.8. The van der Waals surface area contributed by atoms with Crippen molar-refractivity contribution in [2.24, 2.45) is 5.92 Å². The predicted octanol–water partition coefficient (Wildman–Crippen LogP) is -1.01. The van der Waals surface area contributed by atoms with E-state index in [1.54, 1.807) is 13.8 Å². The highest BCUT2D eigenvalue weighted by molar-refractivity contribution is 6.48. The van der Waals surface area contributed by atoms with Crippen molar-refractivity contribution in [2.45, 2.75) is 52.2 Å². The van der Waals surface area contributed by atoms with Crippen molar-refractivity contribution in [3.05, 3.63) is 0 Å². The molecule has 0 rings (SSSR count). The zero-order valence-corrected chi connectivity index (χ0v) is 16.3. The number of amides is 3. The molecule has 0 fully saturated rings. The average molecular weight is 406 g/mol. The van der Waals surface area contributed by atoms with E-state index in [1.165, 1.54) is 13.8 Å². The molecule has 0 spiro atoms. The van der Waals surface area contributed by atoms with Gasteiger partial charge in [0.25, 0.3) is 0 Å². The molecule has 0 unspecified atom stereocenters. The van der Waals surface area contributed by atoms with Crippen molar-refractivity contribution < 1.29 is 33.9 Å². The molecule has 0 aromatic heterocycles. The Hall–Kier alpha value is -2.49. The number of Topliss-reactive ketones (excluding diaryl/α,β-unsaturated/α-hetero) is 2. The third-order valence-electron chi connectivity index (χ3n) is 3.47. The van der Waals surface area contributed by atoms with Crippen molar-refractivity contribution in [1.82, 2.24) is 16.0 Å². The number of carboxylic acids is 1. The van der Waals surface area contributed by atoms with Crippen molar-refractivity contribution in [3.8, 4) is 0 Å². The summed E-state index contributed by atoms with van der Waals surface area (Å²) in [5.74, 6) is -6.40. The van der Waals surface area contributed by atoms with Crippen LogP contribution in [0, 0.1) is 5.92 Å². The number of carbonyl (C=O) groups is 6. The molecule has 0 aliphatic carbocycles. The standard InChI is InChI=1S/C16H24ClN3O7/c1-7(2)13(19-9(4)21)16(27)18-8(3)15(26)20-10(5-12(23)24)14(25)11(22)6-17/h7-8,10,13H,5-6H2,1-4H3,(H,18,27)(H,19,21)(H,20,26)(H,23,24)/t8-,10-,13-/m0/s1. The fourth-order valence-electron chi connectivity index (χ4n) is 2.06. The summed E-state index contributed by atoms with van der Waals surface area (Å²) in [7, 11) is 0.